The van der Waals surface area contributed by atoms with E-state index >= 15 is 0 Å². The summed E-state index contributed by atoms with van der Waals surface area (Å²) in [4.78, 5) is 14.2. The molecule has 0 fully saturated rings. The number of nitrogens with zero attached hydrogens (tertiary/aromatic N) is 3. The van der Waals surface area contributed by atoms with E-state index < -0.39 is 0 Å². The van der Waals surface area contributed by atoms with Crippen molar-refractivity contribution in [3.05, 3.63) is 66.4 Å². The minimum atomic E-state index is -0.194. The van der Waals surface area contributed by atoms with Crippen molar-refractivity contribution in [2.45, 2.75) is 13.8 Å². The number of nitrogens with two attached hydrogens (primary N) is 1. The lowest BCUT2D eigenvalue weighted by Gasteiger charge is -2.17. The number of amides is 1. The summed E-state index contributed by atoms with van der Waals surface area (Å²) in [6.45, 7) is 12.2. The molecule has 23 heavy (non-hydrogen) atoms. The van der Waals surface area contributed by atoms with Crippen LogP contribution in [0, 0.1) is 13.8 Å². The van der Waals surface area contributed by atoms with Gasteiger partial charge in [0, 0.05) is 19.2 Å². The maximum Gasteiger partial charge on any atom is 0.275 e. The van der Waals surface area contributed by atoms with Gasteiger partial charge in [0.25, 0.3) is 5.91 Å². The van der Waals surface area contributed by atoms with Crippen molar-refractivity contribution in [1.29, 1.82) is 0 Å². The van der Waals surface area contributed by atoms with E-state index in [9.17, 15) is 4.79 Å². The maximum absolute atomic E-state index is 12.6. The maximum atomic E-state index is 12.6. The summed E-state index contributed by atoms with van der Waals surface area (Å²) < 4.78 is 1.61. The quantitative estimate of drug-likeness (QED) is 0.834. The zero-order valence-electron chi connectivity index (χ0n) is 13.6. The van der Waals surface area contributed by atoms with Gasteiger partial charge in [-0.05, 0) is 31.0 Å². The van der Waals surface area contributed by atoms with Crippen molar-refractivity contribution in [2.75, 3.05) is 18.8 Å². The second-order valence-electron chi connectivity index (χ2n) is 5.37. The number of nitrogen functional groups attached to an aromatic ring is 1. The van der Waals surface area contributed by atoms with Crippen LogP contribution in [-0.4, -0.2) is 33.7 Å². The number of benzene rings is 1. The Morgan fingerprint density at radius 2 is 1.96 bits per heavy atom. The summed E-state index contributed by atoms with van der Waals surface area (Å²) in [5.74, 6) is 0.236. The van der Waals surface area contributed by atoms with E-state index in [1.54, 1.807) is 27.8 Å². The van der Waals surface area contributed by atoms with Crippen LogP contribution < -0.4 is 5.73 Å². The van der Waals surface area contributed by atoms with Crippen LogP contribution in [0.15, 0.2) is 49.6 Å². The van der Waals surface area contributed by atoms with Crippen LogP contribution in [0.4, 0.5) is 5.82 Å². The molecule has 2 N–H and O–H groups in total. The lowest BCUT2D eigenvalue weighted by atomic mass is 10.1. The first-order valence-electron chi connectivity index (χ1n) is 7.42. The summed E-state index contributed by atoms with van der Waals surface area (Å²) in [7, 11) is 0. The number of carbonyl (C=O) groups is 1. The molecule has 0 atom stereocenters. The third-order valence-corrected chi connectivity index (χ3v) is 3.75. The molecule has 5 nitrogen and oxygen atoms in total. The average molecular weight is 310 g/mol. The topological polar surface area (TPSA) is 64.2 Å². The number of hydrogen-bond donors (Lipinski definition) is 1. The van der Waals surface area contributed by atoms with Gasteiger partial charge in [0.05, 0.1) is 5.69 Å². The SMILES string of the molecule is C=CCN(CC=C)C(=O)c1cc(N)n(-c2cccc(C)c2C)n1. The highest BCUT2D eigenvalue weighted by Crippen LogP contribution is 2.21. The molecule has 2 aromatic rings. The van der Waals surface area contributed by atoms with E-state index in [-0.39, 0.29) is 5.91 Å². The van der Waals surface area contributed by atoms with Crippen LogP contribution in [0.3, 0.4) is 0 Å². The molecule has 1 heterocycles. The Labute approximate surface area is 136 Å². The number of rotatable bonds is 6. The number of anilines is 1. The molecular formula is C18H22N4O. The van der Waals surface area contributed by atoms with Gasteiger partial charge in [0.1, 0.15) is 5.82 Å². The molecule has 0 unspecified atom stereocenters. The monoisotopic (exact) mass is 310 g/mol. The minimum absolute atomic E-state index is 0.194. The van der Waals surface area contributed by atoms with Gasteiger partial charge in [-0.2, -0.15) is 5.10 Å². The highest BCUT2D eigenvalue weighted by molar-refractivity contribution is 5.93. The van der Waals surface area contributed by atoms with Crippen LogP contribution >= 0.6 is 0 Å². The Balaban J connectivity index is 2.41. The van der Waals surface area contributed by atoms with E-state index in [4.69, 9.17) is 5.73 Å². The first-order valence-corrected chi connectivity index (χ1v) is 7.42. The predicted octanol–water partition coefficient (Wildman–Crippen LogP) is 2.89. The Morgan fingerprint density at radius 1 is 1.30 bits per heavy atom. The van der Waals surface area contributed by atoms with E-state index in [0.29, 0.717) is 24.6 Å². The van der Waals surface area contributed by atoms with Crippen molar-refractivity contribution in [3.8, 4) is 5.69 Å². The number of aryl methyl sites for hydroxylation is 1. The van der Waals surface area contributed by atoms with Crippen LogP contribution in [0.2, 0.25) is 0 Å². The van der Waals surface area contributed by atoms with E-state index in [1.807, 2.05) is 32.0 Å². The Hall–Kier alpha value is -2.82. The fourth-order valence-electron chi connectivity index (χ4n) is 2.37. The second-order valence-corrected chi connectivity index (χ2v) is 5.37. The number of hydrogen-bond acceptors (Lipinski definition) is 3. The lowest BCUT2D eigenvalue weighted by Crippen LogP contribution is -2.31. The van der Waals surface area contributed by atoms with Crippen molar-refractivity contribution < 1.29 is 4.79 Å². The molecule has 0 aliphatic carbocycles. The van der Waals surface area contributed by atoms with Gasteiger partial charge in [-0.25, -0.2) is 4.68 Å². The predicted molar refractivity (Wildman–Crippen MR) is 93.7 cm³/mol. The first-order chi connectivity index (χ1) is 11.0. The Bertz CT molecular complexity index is 735. The molecule has 5 heteroatoms. The Kier molecular flexibility index (Phi) is 5.01. The molecule has 1 aromatic carbocycles. The van der Waals surface area contributed by atoms with Gasteiger partial charge in [0.2, 0.25) is 0 Å². The highest BCUT2D eigenvalue weighted by atomic mass is 16.2. The summed E-state index contributed by atoms with van der Waals surface area (Å²) in [5, 5.41) is 4.40. The van der Waals surface area contributed by atoms with Crippen LogP contribution in [0.25, 0.3) is 5.69 Å². The number of carbonyl (C=O) groups excluding carboxylic acids is 1. The average Bonchev–Trinajstić information content (AvgIpc) is 2.91. The molecule has 1 aromatic heterocycles. The molecular weight excluding hydrogens is 288 g/mol. The van der Waals surface area contributed by atoms with Crippen LogP contribution in [-0.2, 0) is 0 Å². The van der Waals surface area contributed by atoms with Gasteiger partial charge in [-0.1, -0.05) is 24.3 Å². The first kappa shape index (κ1) is 16.5. The minimum Gasteiger partial charge on any atom is -0.384 e. The summed E-state index contributed by atoms with van der Waals surface area (Å²) in [6.07, 6.45) is 3.35. The standard InChI is InChI=1S/C18H22N4O/c1-5-10-21(11-6-2)18(23)15-12-17(19)22(20-15)16-9-7-8-13(3)14(16)4/h5-9,12H,1-2,10-11,19H2,3-4H3. The highest BCUT2D eigenvalue weighted by Gasteiger charge is 2.19. The zero-order valence-corrected chi connectivity index (χ0v) is 13.6. The third-order valence-electron chi connectivity index (χ3n) is 3.75. The molecule has 0 radical (unpaired) electrons. The summed E-state index contributed by atoms with van der Waals surface area (Å²) in [5.41, 5.74) is 9.48. The molecule has 0 aliphatic heterocycles. The fourth-order valence-corrected chi connectivity index (χ4v) is 2.37. The molecule has 120 valence electrons. The van der Waals surface area contributed by atoms with Gasteiger partial charge in [0.15, 0.2) is 5.69 Å². The van der Waals surface area contributed by atoms with Crippen molar-refractivity contribution >= 4 is 11.7 Å². The van der Waals surface area contributed by atoms with Gasteiger partial charge < -0.3 is 10.6 Å². The third kappa shape index (κ3) is 3.34. The van der Waals surface area contributed by atoms with E-state index in [0.717, 1.165) is 16.8 Å². The second kappa shape index (κ2) is 6.96. The smallest absolute Gasteiger partial charge is 0.275 e. The van der Waals surface area contributed by atoms with Crippen LogP contribution in [0.1, 0.15) is 21.6 Å². The van der Waals surface area contributed by atoms with Gasteiger partial charge in [-0.3, -0.25) is 4.79 Å². The zero-order chi connectivity index (χ0) is 17.0. The summed E-state index contributed by atoms with van der Waals surface area (Å²) >= 11 is 0. The van der Waals surface area contributed by atoms with Crippen molar-refractivity contribution in [2.24, 2.45) is 0 Å². The normalized spacial score (nSPS) is 10.3. The van der Waals surface area contributed by atoms with E-state index in [2.05, 4.69) is 18.3 Å². The van der Waals surface area contributed by atoms with E-state index in [1.165, 1.54) is 0 Å². The largest absolute Gasteiger partial charge is 0.384 e. The van der Waals surface area contributed by atoms with Gasteiger partial charge >= 0.3 is 0 Å². The van der Waals surface area contributed by atoms with Crippen LogP contribution in [0.5, 0.6) is 0 Å². The van der Waals surface area contributed by atoms with Crippen molar-refractivity contribution in [3.63, 3.8) is 0 Å². The molecule has 0 saturated carbocycles. The van der Waals surface area contributed by atoms with Gasteiger partial charge in [-0.15, -0.1) is 13.2 Å². The molecule has 0 spiro atoms. The molecule has 0 saturated heterocycles. The number of aromatic nitrogens is 2. The lowest BCUT2D eigenvalue weighted by molar-refractivity contribution is 0.0784. The molecule has 0 bridgehead atoms. The Morgan fingerprint density at radius 3 is 2.57 bits per heavy atom. The molecule has 1 amide bonds. The summed E-state index contributed by atoms with van der Waals surface area (Å²) in [6, 6.07) is 7.51. The van der Waals surface area contributed by atoms with Crippen molar-refractivity contribution in [1.82, 2.24) is 14.7 Å². The fraction of sp³-hybridized carbons (Fsp3) is 0.222. The molecule has 2 rings (SSSR count). The molecule has 0 aliphatic rings.